The van der Waals surface area contributed by atoms with Gasteiger partial charge in [-0.2, -0.15) is 4.31 Å². The number of benzene rings is 2. The molecule has 10 heteroatoms. The van der Waals surface area contributed by atoms with Crippen LogP contribution in [0.15, 0.2) is 41.3 Å². The van der Waals surface area contributed by atoms with Crippen LogP contribution in [0.5, 0.6) is 0 Å². The molecule has 2 aromatic carbocycles. The quantitative estimate of drug-likeness (QED) is 0.459. The number of hydrogen-bond donors (Lipinski definition) is 2. The van der Waals surface area contributed by atoms with Gasteiger partial charge in [0.05, 0.1) is 9.82 Å². The number of carbonyl (C=O) groups is 1. The van der Waals surface area contributed by atoms with Crippen LogP contribution in [0.4, 0.5) is 17.1 Å². The molecule has 0 spiro atoms. The first-order chi connectivity index (χ1) is 14.1. The first-order valence-electron chi connectivity index (χ1n) is 9.60. The van der Waals surface area contributed by atoms with E-state index in [0.29, 0.717) is 36.6 Å². The molecular weight excluding hydrogens is 408 g/mol. The first kappa shape index (κ1) is 23.3. The summed E-state index contributed by atoms with van der Waals surface area (Å²) >= 11 is 0. The largest absolute Gasteiger partial charge is 0.380 e. The minimum absolute atomic E-state index is 0.0700. The van der Waals surface area contributed by atoms with Crippen LogP contribution in [0.1, 0.15) is 36.7 Å². The van der Waals surface area contributed by atoms with Crippen molar-refractivity contribution in [3.63, 3.8) is 0 Å². The van der Waals surface area contributed by atoms with Gasteiger partial charge < -0.3 is 10.6 Å². The second-order valence-electron chi connectivity index (χ2n) is 6.54. The van der Waals surface area contributed by atoms with Gasteiger partial charge in [-0.25, -0.2) is 8.42 Å². The molecule has 0 fully saturated rings. The van der Waals surface area contributed by atoms with E-state index in [1.165, 1.54) is 34.6 Å². The fraction of sp³-hybridized carbons (Fsp3) is 0.350. The van der Waals surface area contributed by atoms with Crippen LogP contribution in [-0.4, -0.2) is 43.2 Å². The molecule has 2 aromatic rings. The van der Waals surface area contributed by atoms with Gasteiger partial charge in [0.1, 0.15) is 5.69 Å². The Hall–Kier alpha value is -2.98. The van der Waals surface area contributed by atoms with Crippen molar-refractivity contribution in [1.29, 1.82) is 0 Å². The zero-order valence-electron chi connectivity index (χ0n) is 17.4. The number of nitrogens with zero attached hydrogens (tertiary/aromatic N) is 2. The molecule has 0 bridgehead atoms. The van der Waals surface area contributed by atoms with Crippen LogP contribution < -0.4 is 10.6 Å². The lowest BCUT2D eigenvalue weighted by Crippen LogP contribution is -2.30. The first-order valence-corrected chi connectivity index (χ1v) is 11.0. The fourth-order valence-corrected chi connectivity index (χ4v) is 4.45. The zero-order valence-corrected chi connectivity index (χ0v) is 18.2. The molecule has 30 heavy (non-hydrogen) atoms. The van der Waals surface area contributed by atoms with Crippen molar-refractivity contribution >= 4 is 33.0 Å². The standard InChI is InChI=1S/C20H26N4O5S/c1-5-21-17-11-9-15(12-19(17)24(26)27)20(25)22-18-13-16(10-8-14(18)4)30(28,29)23(6-2)7-3/h8-13,21H,5-7H2,1-4H3,(H,22,25). The normalized spacial score (nSPS) is 11.4. The van der Waals surface area contributed by atoms with Crippen molar-refractivity contribution in [2.45, 2.75) is 32.6 Å². The number of nitrogens with one attached hydrogen (secondary N) is 2. The molecule has 2 rings (SSSR count). The number of rotatable bonds is 9. The summed E-state index contributed by atoms with van der Waals surface area (Å²) in [6.07, 6.45) is 0. The molecule has 162 valence electrons. The maximum absolute atomic E-state index is 12.8. The van der Waals surface area contributed by atoms with E-state index < -0.39 is 20.9 Å². The van der Waals surface area contributed by atoms with Gasteiger partial charge in [0.15, 0.2) is 0 Å². The number of nitro benzene ring substituents is 1. The van der Waals surface area contributed by atoms with Crippen molar-refractivity contribution in [2.24, 2.45) is 0 Å². The SMILES string of the molecule is CCNc1ccc(C(=O)Nc2cc(S(=O)(=O)N(CC)CC)ccc2C)cc1[N+](=O)[O-]. The Kier molecular flexibility index (Phi) is 7.52. The van der Waals surface area contributed by atoms with Gasteiger partial charge in [0.2, 0.25) is 10.0 Å². The van der Waals surface area contributed by atoms with Crippen LogP contribution in [0.3, 0.4) is 0 Å². The van der Waals surface area contributed by atoms with Crippen molar-refractivity contribution in [3.05, 3.63) is 57.6 Å². The van der Waals surface area contributed by atoms with E-state index in [9.17, 15) is 23.3 Å². The Morgan fingerprint density at radius 1 is 1.07 bits per heavy atom. The van der Waals surface area contributed by atoms with Crippen LogP contribution in [0.25, 0.3) is 0 Å². The number of nitro groups is 1. The summed E-state index contributed by atoms with van der Waals surface area (Å²) in [7, 11) is -3.69. The second-order valence-corrected chi connectivity index (χ2v) is 8.48. The van der Waals surface area contributed by atoms with Crippen molar-refractivity contribution in [3.8, 4) is 0 Å². The van der Waals surface area contributed by atoms with E-state index in [1.807, 2.05) is 6.92 Å². The molecule has 0 saturated carbocycles. The summed E-state index contributed by atoms with van der Waals surface area (Å²) in [5.41, 5.74) is 1.20. The van der Waals surface area contributed by atoms with E-state index >= 15 is 0 Å². The number of anilines is 2. The molecule has 1 amide bonds. The predicted octanol–water partition coefficient (Wildman–Crippen LogP) is 3.62. The third kappa shape index (κ3) is 4.95. The Bertz CT molecular complexity index is 1050. The Morgan fingerprint density at radius 3 is 2.30 bits per heavy atom. The van der Waals surface area contributed by atoms with Gasteiger partial charge in [-0.15, -0.1) is 0 Å². The Balaban J connectivity index is 2.38. The van der Waals surface area contributed by atoms with Crippen molar-refractivity contribution < 1.29 is 18.1 Å². The number of amides is 1. The van der Waals surface area contributed by atoms with Crippen LogP contribution >= 0.6 is 0 Å². The molecule has 0 aliphatic rings. The van der Waals surface area contributed by atoms with Gasteiger partial charge in [0.25, 0.3) is 11.6 Å². The summed E-state index contributed by atoms with van der Waals surface area (Å²) in [4.78, 5) is 23.5. The van der Waals surface area contributed by atoms with Gasteiger partial charge in [-0.3, -0.25) is 14.9 Å². The lowest BCUT2D eigenvalue weighted by molar-refractivity contribution is -0.384. The van der Waals surface area contributed by atoms with Gasteiger partial charge in [-0.05, 0) is 43.7 Å². The van der Waals surface area contributed by atoms with E-state index in [2.05, 4.69) is 10.6 Å². The van der Waals surface area contributed by atoms with Gasteiger partial charge in [0, 0.05) is 37.0 Å². The minimum atomic E-state index is -3.69. The summed E-state index contributed by atoms with van der Waals surface area (Å²) in [6.45, 7) is 8.21. The highest BCUT2D eigenvalue weighted by atomic mass is 32.2. The van der Waals surface area contributed by atoms with E-state index in [1.54, 1.807) is 26.8 Å². The highest BCUT2D eigenvalue weighted by Gasteiger charge is 2.23. The molecular formula is C20H26N4O5S. The molecule has 0 aliphatic heterocycles. The monoisotopic (exact) mass is 434 g/mol. The van der Waals surface area contributed by atoms with Gasteiger partial charge >= 0.3 is 0 Å². The lowest BCUT2D eigenvalue weighted by atomic mass is 10.1. The number of carbonyl (C=O) groups excluding carboxylic acids is 1. The zero-order chi connectivity index (χ0) is 22.5. The third-order valence-electron chi connectivity index (χ3n) is 4.62. The van der Waals surface area contributed by atoms with Crippen LogP contribution in [0.2, 0.25) is 0 Å². The summed E-state index contributed by atoms with van der Waals surface area (Å²) < 4.78 is 26.9. The summed E-state index contributed by atoms with van der Waals surface area (Å²) in [6, 6.07) is 8.66. The van der Waals surface area contributed by atoms with E-state index in [0.717, 1.165) is 0 Å². The molecule has 0 aromatic heterocycles. The van der Waals surface area contributed by atoms with Crippen LogP contribution in [-0.2, 0) is 10.0 Å². The number of hydrogen-bond acceptors (Lipinski definition) is 6. The van der Waals surface area contributed by atoms with E-state index in [4.69, 9.17) is 0 Å². The van der Waals surface area contributed by atoms with Crippen molar-refractivity contribution in [2.75, 3.05) is 30.3 Å². The molecule has 0 atom stereocenters. The number of aryl methyl sites for hydroxylation is 1. The second kappa shape index (κ2) is 9.68. The topological polar surface area (TPSA) is 122 Å². The van der Waals surface area contributed by atoms with Crippen LogP contribution in [0, 0.1) is 17.0 Å². The molecule has 0 aliphatic carbocycles. The summed E-state index contributed by atoms with van der Waals surface area (Å²) in [5, 5.41) is 16.9. The minimum Gasteiger partial charge on any atom is -0.380 e. The predicted molar refractivity (Wildman–Crippen MR) is 116 cm³/mol. The fourth-order valence-electron chi connectivity index (χ4n) is 2.97. The molecule has 0 radical (unpaired) electrons. The average Bonchev–Trinajstić information content (AvgIpc) is 2.70. The van der Waals surface area contributed by atoms with Gasteiger partial charge in [-0.1, -0.05) is 19.9 Å². The number of sulfonamides is 1. The van der Waals surface area contributed by atoms with Crippen molar-refractivity contribution in [1.82, 2.24) is 4.31 Å². The third-order valence-corrected chi connectivity index (χ3v) is 6.67. The Morgan fingerprint density at radius 2 is 1.73 bits per heavy atom. The maximum atomic E-state index is 12.8. The lowest BCUT2D eigenvalue weighted by Gasteiger charge is -2.19. The molecule has 0 saturated heterocycles. The highest BCUT2D eigenvalue weighted by molar-refractivity contribution is 7.89. The smallest absolute Gasteiger partial charge is 0.293 e. The molecule has 2 N–H and O–H groups in total. The maximum Gasteiger partial charge on any atom is 0.293 e. The molecule has 0 unspecified atom stereocenters. The average molecular weight is 435 g/mol. The summed E-state index contributed by atoms with van der Waals surface area (Å²) in [5.74, 6) is -0.568. The Labute approximate surface area is 176 Å². The molecule has 9 nitrogen and oxygen atoms in total. The highest BCUT2D eigenvalue weighted by Crippen LogP contribution is 2.27. The van der Waals surface area contributed by atoms with E-state index in [-0.39, 0.29) is 16.1 Å². The molecule has 0 heterocycles.